The first-order chi connectivity index (χ1) is 15.4. The van der Waals surface area contributed by atoms with Crippen LogP contribution < -0.4 is 0 Å². The van der Waals surface area contributed by atoms with Crippen molar-refractivity contribution in [3.8, 4) is 0 Å². The van der Waals surface area contributed by atoms with Gasteiger partial charge in [-0.2, -0.15) is 13.2 Å². The molecule has 0 bridgehead atoms. The van der Waals surface area contributed by atoms with Crippen LogP contribution in [0.2, 0.25) is 0 Å². The molecule has 186 valence electrons. The van der Waals surface area contributed by atoms with Gasteiger partial charge in [0.2, 0.25) is 0 Å². The lowest BCUT2D eigenvalue weighted by molar-refractivity contribution is -0.302. The molecule has 0 aliphatic rings. The molecule has 0 saturated carbocycles. The van der Waals surface area contributed by atoms with Crippen molar-refractivity contribution in [1.29, 1.82) is 0 Å². The van der Waals surface area contributed by atoms with Gasteiger partial charge in [0.05, 0.1) is 11.7 Å². The molecule has 0 heterocycles. The second kappa shape index (κ2) is 17.4. The van der Waals surface area contributed by atoms with Crippen LogP contribution in [0.1, 0.15) is 103 Å². The Hall–Kier alpha value is -1.11. The standard InChI is InChI=1S/C26H43F3O3/c1-4-7-8-9-10-11-12-19-24(32-25(30-5-2)31-6-3)20-14-13-16-22-17-15-18-23(21-22)26(27,28)29/h15,17-18,21,24-25H,4-14,16,19-20H2,1-3H3. The highest BCUT2D eigenvalue weighted by Crippen LogP contribution is 2.30. The molecular formula is C26H43F3O3. The Labute approximate surface area is 193 Å². The van der Waals surface area contributed by atoms with Gasteiger partial charge < -0.3 is 14.2 Å². The molecule has 1 atom stereocenters. The quantitative estimate of drug-likeness (QED) is 0.153. The minimum absolute atomic E-state index is 0.0373. The summed E-state index contributed by atoms with van der Waals surface area (Å²) in [6.07, 6.45) is 8.62. The third kappa shape index (κ3) is 13.4. The van der Waals surface area contributed by atoms with Crippen molar-refractivity contribution < 1.29 is 27.4 Å². The normalized spacial score (nSPS) is 13.1. The van der Waals surface area contributed by atoms with E-state index in [0.717, 1.165) is 43.7 Å². The van der Waals surface area contributed by atoms with Crippen LogP contribution >= 0.6 is 0 Å². The summed E-state index contributed by atoms with van der Waals surface area (Å²) in [5.41, 5.74) is 0.150. The average molecular weight is 461 g/mol. The molecule has 0 aliphatic carbocycles. The lowest BCUT2D eigenvalue weighted by Gasteiger charge is -2.24. The first-order valence-electron chi connectivity index (χ1n) is 12.4. The molecule has 0 fully saturated rings. The lowest BCUT2D eigenvalue weighted by atomic mass is 10.0. The van der Waals surface area contributed by atoms with E-state index in [2.05, 4.69) is 6.92 Å². The predicted molar refractivity (Wildman–Crippen MR) is 124 cm³/mol. The molecule has 1 rings (SSSR count). The second-order valence-electron chi connectivity index (χ2n) is 8.31. The fraction of sp³-hybridized carbons (Fsp3) is 0.769. The lowest BCUT2D eigenvalue weighted by Crippen LogP contribution is -2.27. The average Bonchev–Trinajstić information content (AvgIpc) is 2.75. The molecule has 0 spiro atoms. The summed E-state index contributed by atoms with van der Waals surface area (Å²) in [6, 6.07) is 5.63. The molecule has 1 aromatic rings. The fourth-order valence-electron chi connectivity index (χ4n) is 3.77. The van der Waals surface area contributed by atoms with Crippen molar-refractivity contribution >= 4 is 0 Å². The van der Waals surface area contributed by atoms with Crippen molar-refractivity contribution in [3.05, 3.63) is 35.4 Å². The SMILES string of the molecule is CCCCCCCCCC(CCCCc1cccc(C(F)(F)F)c1)OC(OCC)OCC. The van der Waals surface area contributed by atoms with Crippen LogP contribution in [0.4, 0.5) is 13.2 Å². The van der Waals surface area contributed by atoms with Crippen LogP contribution in [0.15, 0.2) is 24.3 Å². The van der Waals surface area contributed by atoms with Crippen LogP contribution in [-0.2, 0) is 26.8 Å². The van der Waals surface area contributed by atoms with Gasteiger partial charge in [-0.05, 0) is 51.2 Å². The highest BCUT2D eigenvalue weighted by Gasteiger charge is 2.30. The van der Waals surface area contributed by atoms with E-state index >= 15 is 0 Å². The van der Waals surface area contributed by atoms with Crippen molar-refractivity contribution in [2.45, 2.75) is 117 Å². The molecule has 0 aromatic heterocycles. The zero-order chi connectivity index (χ0) is 23.7. The van der Waals surface area contributed by atoms with E-state index < -0.39 is 18.2 Å². The number of aryl methyl sites for hydroxylation is 1. The Kier molecular flexibility index (Phi) is 15.7. The largest absolute Gasteiger partial charge is 0.416 e. The van der Waals surface area contributed by atoms with Gasteiger partial charge in [0.15, 0.2) is 0 Å². The molecule has 0 aliphatic heterocycles. The maximum Gasteiger partial charge on any atom is 0.416 e. The molecule has 32 heavy (non-hydrogen) atoms. The molecule has 0 amide bonds. The summed E-state index contributed by atoms with van der Waals surface area (Å²) in [7, 11) is 0. The van der Waals surface area contributed by atoms with Gasteiger partial charge in [-0.3, -0.25) is 0 Å². The zero-order valence-electron chi connectivity index (χ0n) is 20.2. The van der Waals surface area contributed by atoms with E-state index in [9.17, 15) is 13.2 Å². The summed E-state index contributed by atoms with van der Waals surface area (Å²) in [5.74, 6) is 0. The monoisotopic (exact) mass is 460 g/mol. The first-order valence-corrected chi connectivity index (χ1v) is 12.4. The highest BCUT2D eigenvalue weighted by molar-refractivity contribution is 5.25. The molecule has 1 unspecified atom stereocenters. The highest BCUT2D eigenvalue weighted by atomic mass is 19.4. The maximum atomic E-state index is 12.9. The van der Waals surface area contributed by atoms with Gasteiger partial charge in [-0.15, -0.1) is 0 Å². The minimum Gasteiger partial charge on any atom is -0.330 e. The van der Waals surface area contributed by atoms with E-state index in [0.29, 0.717) is 19.6 Å². The number of rotatable bonds is 19. The fourth-order valence-corrected chi connectivity index (χ4v) is 3.77. The van der Waals surface area contributed by atoms with E-state index in [-0.39, 0.29) is 6.10 Å². The Bertz CT molecular complexity index is 572. The number of halogens is 3. The Morgan fingerprint density at radius 1 is 0.781 bits per heavy atom. The van der Waals surface area contributed by atoms with Crippen LogP contribution in [0.3, 0.4) is 0 Å². The summed E-state index contributed by atoms with van der Waals surface area (Å²) >= 11 is 0. The summed E-state index contributed by atoms with van der Waals surface area (Å²) < 4.78 is 55.9. The second-order valence-corrected chi connectivity index (χ2v) is 8.31. The summed E-state index contributed by atoms with van der Waals surface area (Å²) in [6.45, 7) is 6.44. The molecule has 0 N–H and O–H groups in total. The van der Waals surface area contributed by atoms with Crippen molar-refractivity contribution in [3.63, 3.8) is 0 Å². The predicted octanol–water partition coefficient (Wildman–Crippen LogP) is 8.30. The maximum absolute atomic E-state index is 12.9. The van der Waals surface area contributed by atoms with Crippen LogP contribution in [0.5, 0.6) is 0 Å². The van der Waals surface area contributed by atoms with E-state index in [4.69, 9.17) is 14.2 Å². The minimum atomic E-state index is -4.29. The number of alkyl halides is 3. The van der Waals surface area contributed by atoms with Gasteiger partial charge in [-0.1, -0.05) is 76.5 Å². The Balaban J connectivity index is 2.47. The van der Waals surface area contributed by atoms with E-state index in [1.165, 1.54) is 50.7 Å². The smallest absolute Gasteiger partial charge is 0.330 e. The molecule has 3 nitrogen and oxygen atoms in total. The van der Waals surface area contributed by atoms with E-state index in [1.54, 1.807) is 6.07 Å². The number of ether oxygens (including phenoxy) is 3. The van der Waals surface area contributed by atoms with Gasteiger partial charge in [0, 0.05) is 13.2 Å². The molecule has 0 radical (unpaired) electrons. The van der Waals surface area contributed by atoms with Gasteiger partial charge in [0.25, 0.3) is 6.48 Å². The van der Waals surface area contributed by atoms with Gasteiger partial charge >= 0.3 is 6.18 Å². The van der Waals surface area contributed by atoms with Crippen molar-refractivity contribution in [2.75, 3.05) is 13.2 Å². The molecule has 6 heteroatoms. The first kappa shape index (κ1) is 28.9. The number of benzene rings is 1. The van der Waals surface area contributed by atoms with Gasteiger partial charge in [0.1, 0.15) is 0 Å². The Morgan fingerprint density at radius 3 is 1.97 bits per heavy atom. The van der Waals surface area contributed by atoms with Crippen LogP contribution in [-0.4, -0.2) is 25.8 Å². The Morgan fingerprint density at radius 2 is 1.38 bits per heavy atom. The molecule has 0 saturated heterocycles. The summed E-state index contributed by atoms with van der Waals surface area (Å²) in [5, 5.41) is 0. The number of unbranched alkanes of at least 4 members (excludes halogenated alkanes) is 7. The van der Waals surface area contributed by atoms with Crippen LogP contribution in [0, 0.1) is 0 Å². The third-order valence-corrected chi connectivity index (χ3v) is 5.53. The van der Waals surface area contributed by atoms with Crippen LogP contribution in [0.25, 0.3) is 0 Å². The van der Waals surface area contributed by atoms with Crippen molar-refractivity contribution in [2.24, 2.45) is 0 Å². The van der Waals surface area contributed by atoms with Gasteiger partial charge in [-0.25, -0.2) is 0 Å². The number of hydrogen-bond acceptors (Lipinski definition) is 3. The molecular weight excluding hydrogens is 417 g/mol. The van der Waals surface area contributed by atoms with Crippen molar-refractivity contribution in [1.82, 2.24) is 0 Å². The zero-order valence-corrected chi connectivity index (χ0v) is 20.2. The van der Waals surface area contributed by atoms with E-state index in [1.807, 2.05) is 13.8 Å². The number of hydrogen-bond donors (Lipinski definition) is 0. The topological polar surface area (TPSA) is 27.7 Å². The third-order valence-electron chi connectivity index (χ3n) is 5.53. The molecule has 1 aromatic carbocycles. The summed E-state index contributed by atoms with van der Waals surface area (Å²) in [4.78, 5) is 0.